The number of ether oxygens (including phenoxy) is 1. The molecule has 3 aromatic rings. The maximum Gasteiger partial charge on any atom is 0.272 e. The van der Waals surface area contributed by atoms with Crippen LogP contribution in [0, 0.1) is 0 Å². The summed E-state index contributed by atoms with van der Waals surface area (Å²) < 4.78 is 5.26. The largest absolute Gasteiger partial charge is 0.394 e. The summed E-state index contributed by atoms with van der Waals surface area (Å²) in [5, 5.41) is 3.73. The molecular weight excluding hydrogens is 392 g/mol. The van der Waals surface area contributed by atoms with Gasteiger partial charge in [0, 0.05) is 57.1 Å². The molecule has 0 unspecified atom stereocenters. The molecule has 0 saturated carbocycles. The molecular formula is C23H26N6O2. The SMILES string of the molecule is CN/C=C(\CN)c1ccc(-c2cnc(N)c3ccc(C(=O)N4CC(OC)C4)nc23)cc1. The molecule has 0 radical (unpaired) electrons. The molecule has 2 aromatic heterocycles. The van der Waals surface area contributed by atoms with E-state index in [1.807, 2.05) is 43.6 Å². The lowest BCUT2D eigenvalue weighted by Crippen LogP contribution is -2.54. The van der Waals surface area contributed by atoms with Crippen molar-refractivity contribution in [3.05, 3.63) is 60.1 Å². The number of nitrogen functional groups attached to an aromatic ring is 1. The summed E-state index contributed by atoms with van der Waals surface area (Å²) in [4.78, 5) is 23.5. The number of hydrogen-bond acceptors (Lipinski definition) is 7. The van der Waals surface area contributed by atoms with Gasteiger partial charge >= 0.3 is 0 Å². The molecule has 31 heavy (non-hydrogen) atoms. The number of nitrogens with one attached hydrogen (secondary N) is 1. The molecule has 5 N–H and O–H groups in total. The van der Waals surface area contributed by atoms with E-state index >= 15 is 0 Å². The molecule has 1 saturated heterocycles. The van der Waals surface area contributed by atoms with E-state index in [1.54, 1.807) is 24.3 Å². The van der Waals surface area contributed by atoms with E-state index in [2.05, 4.69) is 15.3 Å². The minimum atomic E-state index is -0.114. The van der Waals surface area contributed by atoms with Crippen LogP contribution < -0.4 is 16.8 Å². The van der Waals surface area contributed by atoms with E-state index < -0.39 is 0 Å². The first-order valence-corrected chi connectivity index (χ1v) is 10.1. The molecule has 1 aliphatic heterocycles. The third-order valence-corrected chi connectivity index (χ3v) is 5.55. The third kappa shape index (κ3) is 3.95. The van der Waals surface area contributed by atoms with Crippen molar-refractivity contribution in [3.63, 3.8) is 0 Å². The second-order valence-electron chi connectivity index (χ2n) is 7.46. The Morgan fingerprint density at radius 1 is 1.26 bits per heavy atom. The number of aromatic nitrogens is 2. The number of methoxy groups -OCH3 is 1. The van der Waals surface area contributed by atoms with Gasteiger partial charge < -0.3 is 26.4 Å². The number of nitrogens with zero attached hydrogens (tertiary/aromatic N) is 3. The lowest BCUT2D eigenvalue weighted by atomic mass is 10.00. The summed E-state index contributed by atoms with van der Waals surface area (Å²) >= 11 is 0. The second-order valence-corrected chi connectivity index (χ2v) is 7.46. The van der Waals surface area contributed by atoms with Gasteiger partial charge in [-0.1, -0.05) is 24.3 Å². The molecule has 1 fully saturated rings. The standard InChI is InChI=1S/C23H26N6O2/c1-26-10-16(9-24)14-3-5-15(6-4-14)19-11-27-22(25)18-7-8-20(28-21(18)19)23(30)29-12-17(13-29)31-2/h3-8,10-11,17,26H,9,12-13,24H2,1-2H3,(H2,25,27)/b16-10+. The normalized spacial score (nSPS) is 14.5. The zero-order chi connectivity index (χ0) is 22.0. The molecule has 1 aliphatic rings. The Labute approximate surface area is 180 Å². The molecule has 0 aliphatic carbocycles. The molecule has 1 aromatic carbocycles. The lowest BCUT2D eigenvalue weighted by Gasteiger charge is -2.37. The van der Waals surface area contributed by atoms with Crippen LogP contribution in [-0.2, 0) is 4.74 Å². The molecule has 160 valence electrons. The number of anilines is 1. The maximum absolute atomic E-state index is 12.8. The summed E-state index contributed by atoms with van der Waals surface area (Å²) in [6.45, 7) is 1.58. The number of nitrogens with two attached hydrogens (primary N) is 2. The van der Waals surface area contributed by atoms with Crippen LogP contribution in [0.2, 0.25) is 0 Å². The van der Waals surface area contributed by atoms with Crippen LogP contribution >= 0.6 is 0 Å². The summed E-state index contributed by atoms with van der Waals surface area (Å²) in [6.07, 6.45) is 3.68. The minimum absolute atomic E-state index is 0.0914. The van der Waals surface area contributed by atoms with Gasteiger partial charge in [0.2, 0.25) is 0 Å². The second kappa shape index (κ2) is 8.71. The Morgan fingerprint density at radius 2 is 2.00 bits per heavy atom. The highest BCUT2D eigenvalue weighted by molar-refractivity contribution is 6.02. The first kappa shape index (κ1) is 20.8. The monoisotopic (exact) mass is 418 g/mol. The van der Waals surface area contributed by atoms with Gasteiger partial charge in [-0.05, 0) is 28.8 Å². The highest BCUT2D eigenvalue weighted by atomic mass is 16.5. The molecule has 0 spiro atoms. The van der Waals surface area contributed by atoms with Gasteiger partial charge in [-0.2, -0.15) is 0 Å². The lowest BCUT2D eigenvalue weighted by molar-refractivity contribution is -0.0194. The van der Waals surface area contributed by atoms with Gasteiger partial charge in [0.05, 0.1) is 11.6 Å². The van der Waals surface area contributed by atoms with Crippen LogP contribution in [0.5, 0.6) is 0 Å². The van der Waals surface area contributed by atoms with E-state index in [4.69, 9.17) is 16.2 Å². The van der Waals surface area contributed by atoms with Crippen LogP contribution in [-0.4, -0.2) is 60.7 Å². The number of pyridine rings is 2. The fourth-order valence-electron chi connectivity index (χ4n) is 3.68. The maximum atomic E-state index is 12.8. The number of carbonyl (C=O) groups excluding carboxylic acids is 1. The number of rotatable bonds is 6. The van der Waals surface area contributed by atoms with Crippen molar-refractivity contribution in [2.24, 2.45) is 5.73 Å². The predicted molar refractivity (Wildman–Crippen MR) is 122 cm³/mol. The number of likely N-dealkylation sites (tertiary alicyclic amines) is 1. The van der Waals surface area contributed by atoms with Crippen LogP contribution in [0.3, 0.4) is 0 Å². The Kier molecular flexibility index (Phi) is 5.83. The van der Waals surface area contributed by atoms with Crippen molar-refractivity contribution in [1.82, 2.24) is 20.2 Å². The van der Waals surface area contributed by atoms with Crippen molar-refractivity contribution < 1.29 is 9.53 Å². The van der Waals surface area contributed by atoms with Crippen LogP contribution in [0.15, 0.2) is 48.8 Å². The summed E-state index contributed by atoms with van der Waals surface area (Å²) in [5.74, 6) is 0.268. The van der Waals surface area contributed by atoms with Crippen LogP contribution in [0.25, 0.3) is 27.6 Å². The molecule has 8 nitrogen and oxygen atoms in total. The molecule has 1 amide bonds. The average Bonchev–Trinajstić information content (AvgIpc) is 2.77. The molecule has 8 heteroatoms. The fraction of sp³-hybridized carbons (Fsp3) is 0.261. The Hall–Kier alpha value is -3.49. The molecule has 0 bridgehead atoms. The van der Waals surface area contributed by atoms with Crippen molar-refractivity contribution in [1.29, 1.82) is 0 Å². The van der Waals surface area contributed by atoms with E-state index in [1.165, 1.54) is 0 Å². The van der Waals surface area contributed by atoms with E-state index in [9.17, 15) is 4.79 Å². The number of carbonyl (C=O) groups is 1. The molecule has 4 rings (SSSR count). The number of amides is 1. The molecule has 0 atom stereocenters. The van der Waals surface area contributed by atoms with Crippen molar-refractivity contribution >= 4 is 28.2 Å². The summed E-state index contributed by atoms with van der Waals surface area (Å²) in [7, 11) is 3.50. The smallest absolute Gasteiger partial charge is 0.272 e. The van der Waals surface area contributed by atoms with E-state index in [0.29, 0.717) is 42.0 Å². The summed E-state index contributed by atoms with van der Waals surface area (Å²) in [5.41, 5.74) is 16.8. The Balaban J connectivity index is 1.72. The van der Waals surface area contributed by atoms with Crippen molar-refractivity contribution in [2.75, 3.05) is 39.5 Å². The number of hydrogen-bond donors (Lipinski definition) is 3. The Bertz CT molecular complexity index is 1140. The van der Waals surface area contributed by atoms with Gasteiger partial charge in [0.15, 0.2) is 0 Å². The number of fused-ring (bicyclic) bond motifs is 1. The van der Waals surface area contributed by atoms with Gasteiger partial charge in [0.25, 0.3) is 5.91 Å². The highest BCUT2D eigenvalue weighted by Gasteiger charge is 2.31. The van der Waals surface area contributed by atoms with Crippen LogP contribution in [0.1, 0.15) is 16.1 Å². The van der Waals surface area contributed by atoms with Gasteiger partial charge in [-0.15, -0.1) is 0 Å². The minimum Gasteiger partial charge on any atom is -0.394 e. The first-order chi connectivity index (χ1) is 15.0. The highest BCUT2D eigenvalue weighted by Crippen LogP contribution is 2.31. The summed E-state index contributed by atoms with van der Waals surface area (Å²) in [6, 6.07) is 11.5. The number of benzene rings is 1. The van der Waals surface area contributed by atoms with Gasteiger partial charge in [0.1, 0.15) is 11.5 Å². The average molecular weight is 419 g/mol. The first-order valence-electron chi connectivity index (χ1n) is 10.1. The van der Waals surface area contributed by atoms with Crippen molar-refractivity contribution in [2.45, 2.75) is 6.10 Å². The zero-order valence-electron chi connectivity index (χ0n) is 17.6. The fourth-order valence-corrected chi connectivity index (χ4v) is 3.68. The molecule has 3 heterocycles. The van der Waals surface area contributed by atoms with E-state index in [-0.39, 0.29) is 12.0 Å². The zero-order valence-corrected chi connectivity index (χ0v) is 17.6. The van der Waals surface area contributed by atoms with Gasteiger partial charge in [-0.25, -0.2) is 9.97 Å². The van der Waals surface area contributed by atoms with Crippen molar-refractivity contribution in [3.8, 4) is 11.1 Å². The topological polar surface area (TPSA) is 119 Å². The van der Waals surface area contributed by atoms with E-state index in [0.717, 1.165) is 22.3 Å². The predicted octanol–water partition coefficient (Wildman–Crippen LogP) is 1.87. The third-order valence-electron chi connectivity index (χ3n) is 5.55. The quantitative estimate of drug-likeness (QED) is 0.559. The van der Waals surface area contributed by atoms with Gasteiger partial charge in [-0.3, -0.25) is 4.79 Å². The van der Waals surface area contributed by atoms with Crippen LogP contribution in [0.4, 0.5) is 5.82 Å². The Morgan fingerprint density at radius 3 is 2.65 bits per heavy atom.